The summed E-state index contributed by atoms with van der Waals surface area (Å²) in [6.45, 7) is 1.20. The Morgan fingerprint density at radius 2 is 1.11 bits per heavy atom. The summed E-state index contributed by atoms with van der Waals surface area (Å²) in [5.41, 5.74) is 4.81. The molecule has 36 heavy (non-hydrogen) atoms. The quantitative estimate of drug-likeness (QED) is 0.129. The van der Waals surface area contributed by atoms with E-state index in [1.54, 1.807) is 0 Å². The SMILES string of the molecule is ClCCCOc1ccc(N(c2ccc(OCCCCl)cc2)c2ccc3oc4ccccc4c3c2)cc1. The third-order valence-electron chi connectivity index (χ3n) is 5.90. The van der Waals surface area contributed by atoms with E-state index in [9.17, 15) is 0 Å². The molecule has 0 aliphatic rings. The lowest BCUT2D eigenvalue weighted by molar-refractivity contribution is 0.318. The Morgan fingerprint density at radius 1 is 0.583 bits per heavy atom. The first-order valence-electron chi connectivity index (χ1n) is 12.1. The molecule has 0 atom stereocenters. The largest absolute Gasteiger partial charge is 0.494 e. The third-order valence-corrected chi connectivity index (χ3v) is 6.44. The van der Waals surface area contributed by atoms with Crippen LogP contribution in [0.5, 0.6) is 11.5 Å². The molecule has 0 bridgehead atoms. The number of nitrogens with zero attached hydrogens (tertiary/aromatic N) is 1. The lowest BCUT2D eigenvalue weighted by Crippen LogP contribution is -2.10. The van der Waals surface area contributed by atoms with Crippen LogP contribution in [0.4, 0.5) is 17.1 Å². The highest BCUT2D eigenvalue weighted by molar-refractivity contribution is 6.18. The van der Waals surface area contributed by atoms with Crippen LogP contribution in [0, 0.1) is 0 Å². The molecule has 184 valence electrons. The van der Waals surface area contributed by atoms with Crippen molar-refractivity contribution in [1.29, 1.82) is 0 Å². The van der Waals surface area contributed by atoms with Gasteiger partial charge >= 0.3 is 0 Å². The lowest BCUT2D eigenvalue weighted by atomic mass is 10.1. The van der Waals surface area contributed by atoms with E-state index in [-0.39, 0.29) is 0 Å². The van der Waals surface area contributed by atoms with Crippen molar-refractivity contribution in [3.8, 4) is 11.5 Å². The van der Waals surface area contributed by atoms with E-state index in [1.807, 2.05) is 48.5 Å². The van der Waals surface area contributed by atoms with E-state index in [1.165, 1.54) is 0 Å². The Kier molecular flexibility index (Phi) is 7.85. The topological polar surface area (TPSA) is 34.8 Å². The van der Waals surface area contributed by atoms with Gasteiger partial charge in [0.15, 0.2) is 0 Å². The van der Waals surface area contributed by atoms with Gasteiger partial charge in [0.2, 0.25) is 0 Å². The Morgan fingerprint density at radius 3 is 1.69 bits per heavy atom. The zero-order chi connectivity index (χ0) is 24.7. The molecule has 5 aromatic rings. The molecular weight excluding hydrogens is 493 g/mol. The van der Waals surface area contributed by atoms with E-state index in [2.05, 4.69) is 47.4 Å². The van der Waals surface area contributed by atoms with Gasteiger partial charge in [-0.15, -0.1) is 23.2 Å². The normalized spacial score (nSPS) is 11.2. The molecule has 0 saturated heterocycles. The number of alkyl halides is 2. The van der Waals surface area contributed by atoms with Crippen LogP contribution in [-0.2, 0) is 0 Å². The van der Waals surface area contributed by atoms with Crippen LogP contribution in [0.15, 0.2) is 95.4 Å². The van der Waals surface area contributed by atoms with Gasteiger partial charge in [0.05, 0.1) is 13.2 Å². The number of ether oxygens (including phenoxy) is 2. The van der Waals surface area contributed by atoms with Gasteiger partial charge < -0.3 is 18.8 Å². The molecule has 4 aromatic carbocycles. The number of furan rings is 1. The maximum absolute atomic E-state index is 6.05. The van der Waals surface area contributed by atoms with Crippen LogP contribution in [0.3, 0.4) is 0 Å². The zero-order valence-electron chi connectivity index (χ0n) is 19.8. The third kappa shape index (κ3) is 5.40. The summed E-state index contributed by atoms with van der Waals surface area (Å²) in [6.07, 6.45) is 1.63. The number of hydrogen-bond acceptors (Lipinski definition) is 4. The molecule has 0 unspecified atom stereocenters. The second kappa shape index (κ2) is 11.6. The molecule has 0 saturated carbocycles. The van der Waals surface area contributed by atoms with Crippen molar-refractivity contribution < 1.29 is 13.9 Å². The smallest absolute Gasteiger partial charge is 0.135 e. The number of rotatable bonds is 11. The van der Waals surface area contributed by atoms with Crippen LogP contribution >= 0.6 is 23.2 Å². The molecule has 0 aliphatic carbocycles. The molecule has 1 aromatic heterocycles. The average Bonchev–Trinajstić information content (AvgIpc) is 3.29. The van der Waals surface area contributed by atoms with Gasteiger partial charge in [-0.25, -0.2) is 0 Å². The first kappa shape index (κ1) is 24.4. The molecule has 5 rings (SSSR count). The van der Waals surface area contributed by atoms with Gasteiger partial charge in [0.25, 0.3) is 0 Å². The fourth-order valence-electron chi connectivity index (χ4n) is 4.17. The fraction of sp³-hybridized carbons (Fsp3) is 0.200. The van der Waals surface area contributed by atoms with Gasteiger partial charge in [-0.1, -0.05) is 18.2 Å². The average molecular weight is 520 g/mol. The predicted octanol–water partition coefficient (Wildman–Crippen LogP) is 9.07. The molecule has 4 nitrogen and oxygen atoms in total. The molecule has 6 heteroatoms. The first-order valence-corrected chi connectivity index (χ1v) is 13.1. The van der Waals surface area contributed by atoms with Crippen LogP contribution < -0.4 is 14.4 Å². The minimum atomic E-state index is 0.586. The van der Waals surface area contributed by atoms with E-state index in [0.717, 1.165) is 63.3 Å². The van der Waals surface area contributed by atoms with E-state index < -0.39 is 0 Å². The molecule has 0 fully saturated rings. The molecule has 0 aliphatic heterocycles. The molecular formula is C30H27Cl2NO3. The number of anilines is 3. The summed E-state index contributed by atoms with van der Waals surface area (Å²) in [4.78, 5) is 2.21. The molecule has 0 radical (unpaired) electrons. The highest BCUT2D eigenvalue weighted by Crippen LogP contribution is 2.39. The van der Waals surface area contributed by atoms with Crippen molar-refractivity contribution >= 4 is 62.2 Å². The van der Waals surface area contributed by atoms with Gasteiger partial charge in [-0.3, -0.25) is 0 Å². The minimum absolute atomic E-state index is 0.586. The lowest BCUT2D eigenvalue weighted by Gasteiger charge is -2.26. The van der Waals surface area contributed by atoms with Gasteiger partial charge in [-0.05, 0) is 85.6 Å². The predicted molar refractivity (Wildman–Crippen MR) is 150 cm³/mol. The summed E-state index contributed by atoms with van der Waals surface area (Å²) >= 11 is 11.6. The monoisotopic (exact) mass is 519 g/mol. The maximum atomic E-state index is 6.05. The second-order valence-corrected chi connectivity index (χ2v) is 9.14. The summed E-state index contributed by atoms with van der Waals surface area (Å²) in [7, 11) is 0. The van der Waals surface area contributed by atoms with Crippen molar-refractivity contribution in [2.45, 2.75) is 12.8 Å². The van der Waals surface area contributed by atoms with Crippen LogP contribution in [0.2, 0.25) is 0 Å². The first-order chi connectivity index (χ1) is 17.8. The van der Waals surface area contributed by atoms with Crippen molar-refractivity contribution in [2.75, 3.05) is 29.9 Å². The van der Waals surface area contributed by atoms with Crippen molar-refractivity contribution in [3.63, 3.8) is 0 Å². The van der Waals surface area contributed by atoms with Crippen molar-refractivity contribution in [3.05, 3.63) is 91.0 Å². The standard InChI is InChI=1S/C30H27Cl2NO3/c31-17-3-19-34-25-12-7-22(8-13-25)33(23-9-14-26(15-10-23)35-20-4-18-32)24-11-16-30-28(21-24)27-5-1-2-6-29(27)36-30/h1-2,5-16,21H,3-4,17-20H2. The molecule has 0 N–H and O–H groups in total. The van der Waals surface area contributed by atoms with Gasteiger partial charge in [0.1, 0.15) is 22.7 Å². The molecule has 1 heterocycles. The highest BCUT2D eigenvalue weighted by atomic mass is 35.5. The minimum Gasteiger partial charge on any atom is -0.494 e. The van der Waals surface area contributed by atoms with Crippen LogP contribution in [-0.4, -0.2) is 25.0 Å². The summed E-state index contributed by atoms with van der Waals surface area (Å²) in [6, 6.07) is 30.7. The van der Waals surface area contributed by atoms with Crippen LogP contribution in [0.25, 0.3) is 21.9 Å². The van der Waals surface area contributed by atoms with Crippen LogP contribution in [0.1, 0.15) is 12.8 Å². The number of halogens is 2. The number of benzene rings is 4. The maximum Gasteiger partial charge on any atom is 0.135 e. The van der Waals surface area contributed by atoms with E-state index in [4.69, 9.17) is 37.1 Å². The molecule has 0 amide bonds. The Bertz CT molecular complexity index is 1360. The van der Waals surface area contributed by atoms with Crippen molar-refractivity contribution in [2.24, 2.45) is 0 Å². The number of hydrogen-bond donors (Lipinski definition) is 0. The number of fused-ring (bicyclic) bond motifs is 3. The Balaban J connectivity index is 1.52. The summed E-state index contributed by atoms with van der Waals surface area (Å²) in [5.74, 6) is 2.82. The summed E-state index contributed by atoms with van der Waals surface area (Å²) in [5, 5.41) is 2.18. The Hall–Kier alpha value is -3.34. The van der Waals surface area contributed by atoms with Gasteiger partial charge in [-0.2, -0.15) is 0 Å². The molecule has 0 spiro atoms. The van der Waals surface area contributed by atoms with E-state index >= 15 is 0 Å². The highest BCUT2D eigenvalue weighted by Gasteiger charge is 2.16. The fourth-order valence-corrected chi connectivity index (χ4v) is 4.39. The van der Waals surface area contributed by atoms with Crippen molar-refractivity contribution in [1.82, 2.24) is 0 Å². The van der Waals surface area contributed by atoms with Gasteiger partial charge in [0, 0.05) is 39.6 Å². The zero-order valence-corrected chi connectivity index (χ0v) is 21.3. The summed E-state index contributed by atoms with van der Waals surface area (Å²) < 4.78 is 17.7. The second-order valence-electron chi connectivity index (χ2n) is 8.38. The number of para-hydroxylation sites is 1. The Labute approximate surface area is 220 Å². The van der Waals surface area contributed by atoms with E-state index in [0.29, 0.717) is 25.0 Å².